The summed E-state index contributed by atoms with van der Waals surface area (Å²) in [5.74, 6) is -1.41. The first-order valence-electron chi connectivity index (χ1n) is 10.7. The summed E-state index contributed by atoms with van der Waals surface area (Å²) in [4.78, 5) is 19.7. The molecule has 34 heavy (non-hydrogen) atoms. The predicted octanol–water partition coefficient (Wildman–Crippen LogP) is 5.48. The Bertz CT molecular complexity index is 1100. The second-order valence-electron chi connectivity index (χ2n) is 7.69. The monoisotopic (exact) mass is 496 g/mol. The van der Waals surface area contributed by atoms with Gasteiger partial charge in [0.05, 0.1) is 12.1 Å². The molecule has 4 rings (SSSR count). The van der Waals surface area contributed by atoms with Crippen LogP contribution in [0.1, 0.15) is 47.5 Å². The molecule has 0 saturated carbocycles. The SMILES string of the molecule is CCC1CCOC1.Cc1ncc(C(=O)NCc2nc(C(F)(F)F)no2)cc1-c1ccc(Cl)cc1. The van der Waals surface area contributed by atoms with Crippen LogP contribution in [0.25, 0.3) is 11.1 Å². The van der Waals surface area contributed by atoms with E-state index >= 15 is 0 Å². The molecule has 1 aliphatic rings. The van der Waals surface area contributed by atoms with E-state index in [0.717, 1.165) is 30.3 Å². The first kappa shape index (κ1) is 25.6. The average Bonchev–Trinajstić information content (AvgIpc) is 3.51. The number of rotatable bonds is 5. The normalized spacial score (nSPS) is 15.5. The van der Waals surface area contributed by atoms with Crippen LogP contribution < -0.4 is 5.32 Å². The van der Waals surface area contributed by atoms with E-state index in [1.165, 1.54) is 19.0 Å². The third-order valence-electron chi connectivity index (χ3n) is 5.23. The number of aromatic nitrogens is 3. The number of nitrogens with one attached hydrogen (secondary N) is 1. The lowest BCUT2D eigenvalue weighted by Gasteiger charge is -2.09. The Balaban J connectivity index is 0.000000396. The molecular weight excluding hydrogens is 473 g/mol. The number of carbonyl (C=O) groups excluding carboxylic acids is 1. The molecule has 3 aromatic rings. The summed E-state index contributed by atoms with van der Waals surface area (Å²) >= 11 is 5.88. The van der Waals surface area contributed by atoms with Crippen LogP contribution in [0, 0.1) is 12.8 Å². The molecule has 1 unspecified atom stereocenters. The predicted molar refractivity (Wildman–Crippen MR) is 119 cm³/mol. The highest BCUT2D eigenvalue weighted by Crippen LogP contribution is 2.26. The summed E-state index contributed by atoms with van der Waals surface area (Å²) in [6.45, 7) is 5.68. The van der Waals surface area contributed by atoms with Crippen LogP contribution >= 0.6 is 11.6 Å². The summed E-state index contributed by atoms with van der Waals surface area (Å²) in [6.07, 6.45) is -0.754. The summed E-state index contributed by atoms with van der Waals surface area (Å²) in [5.41, 5.74) is 2.50. The first-order valence-corrected chi connectivity index (χ1v) is 11.0. The Labute approximate surface area is 199 Å². The van der Waals surface area contributed by atoms with E-state index in [4.69, 9.17) is 16.3 Å². The van der Waals surface area contributed by atoms with Gasteiger partial charge in [-0.05, 0) is 43.0 Å². The Hall–Kier alpha value is -2.98. The van der Waals surface area contributed by atoms with Crippen molar-refractivity contribution in [3.05, 3.63) is 64.5 Å². The minimum atomic E-state index is -4.71. The van der Waals surface area contributed by atoms with Crippen molar-refractivity contribution in [1.29, 1.82) is 0 Å². The molecule has 1 aromatic carbocycles. The van der Waals surface area contributed by atoms with Crippen molar-refractivity contribution in [3.63, 3.8) is 0 Å². The minimum Gasteiger partial charge on any atom is -0.381 e. The molecule has 182 valence electrons. The molecule has 1 saturated heterocycles. The van der Waals surface area contributed by atoms with Crippen molar-refractivity contribution in [1.82, 2.24) is 20.4 Å². The summed E-state index contributed by atoms with van der Waals surface area (Å²) in [7, 11) is 0. The van der Waals surface area contributed by atoms with E-state index in [-0.39, 0.29) is 18.0 Å². The van der Waals surface area contributed by atoms with Crippen LogP contribution in [0.15, 0.2) is 41.1 Å². The fraction of sp³-hybridized carbons (Fsp3) is 0.391. The summed E-state index contributed by atoms with van der Waals surface area (Å²) < 4.78 is 47.0. The van der Waals surface area contributed by atoms with Gasteiger partial charge in [-0.3, -0.25) is 9.78 Å². The summed E-state index contributed by atoms with van der Waals surface area (Å²) in [5, 5.41) is 5.83. The van der Waals surface area contributed by atoms with Crippen molar-refractivity contribution >= 4 is 17.5 Å². The van der Waals surface area contributed by atoms with E-state index < -0.39 is 17.9 Å². The van der Waals surface area contributed by atoms with Gasteiger partial charge in [0.1, 0.15) is 0 Å². The lowest BCUT2D eigenvalue weighted by Crippen LogP contribution is -2.23. The third-order valence-corrected chi connectivity index (χ3v) is 5.48. The van der Waals surface area contributed by atoms with Gasteiger partial charge in [-0.1, -0.05) is 42.2 Å². The van der Waals surface area contributed by atoms with Crippen molar-refractivity contribution in [2.45, 2.75) is 39.4 Å². The maximum Gasteiger partial charge on any atom is 0.455 e. The lowest BCUT2D eigenvalue weighted by atomic mass is 10.0. The fourth-order valence-electron chi connectivity index (χ4n) is 3.18. The highest BCUT2D eigenvalue weighted by Gasteiger charge is 2.37. The molecule has 0 radical (unpaired) electrons. The number of pyridine rings is 1. The lowest BCUT2D eigenvalue weighted by molar-refractivity contribution is -0.146. The maximum atomic E-state index is 12.4. The largest absolute Gasteiger partial charge is 0.455 e. The maximum absolute atomic E-state index is 12.4. The van der Waals surface area contributed by atoms with Gasteiger partial charge >= 0.3 is 6.18 Å². The van der Waals surface area contributed by atoms with Crippen molar-refractivity contribution in [3.8, 4) is 11.1 Å². The number of amides is 1. The van der Waals surface area contributed by atoms with Gasteiger partial charge in [0.2, 0.25) is 5.89 Å². The zero-order valence-electron chi connectivity index (χ0n) is 18.7. The molecule has 1 aliphatic heterocycles. The number of hydrogen-bond acceptors (Lipinski definition) is 6. The Morgan fingerprint density at radius 3 is 2.56 bits per heavy atom. The van der Waals surface area contributed by atoms with Gasteiger partial charge in [0.15, 0.2) is 0 Å². The molecule has 7 nitrogen and oxygen atoms in total. The van der Waals surface area contributed by atoms with Crippen LogP contribution in [-0.4, -0.2) is 34.2 Å². The van der Waals surface area contributed by atoms with Crippen molar-refractivity contribution < 1.29 is 27.2 Å². The molecule has 0 bridgehead atoms. The molecule has 2 aromatic heterocycles. The third kappa shape index (κ3) is 7.01. The zero-order chi connectivity index (χ0) is 24.7. The van der Waals surface area contributed by atoms with E-state index in [0.29, 0.717) is 10.7 Å². The molecule has 1 atom stereocenters. The van der Waals surface area contributed by atoms with Gasteiger partial charge in [0, 0.05) is 35.7 Å². The van der Waals surface area contributed by atoms with Crippen LogP contribution in [0.4, 0.5) is 13.2 Å². The number of alkyl halides is 3. The van der Waals surface area contributed by atoms with Gasteiger partial charge in [-0.25, -0.2) is 0 Å². The van der Waals surface area contributed by atoms with Crippen LogP contribution in [0.3, 0.4) is 0 Å². The second kappa shape index (κ2) is 11.4. The van der Waals surface area contributed by atoms with Crippen LogP contribution in [0.5, 0.6) is 0 Å². The quantitative estimate of drug-likeness (QED) is 0.503. The minimum absolute atomic E-state index is 0.237. The Kier molecular flexibility index (Phi) is 8.62. The number of benzene rings is 1. The first-order chi connectivity index (χ1) is 16.2. The smallest absolute Gasteiger partial charge is 0.381 e. The molecule has 0 aliphatic carbocycles. The molecule has 1 N–H and O–H groups in total. The van der Waals surface area contributed by atoms with Gasteiger partial charge < -0.3 is 14.6 Å². The van der Waals surface area contributed by atoms with Gasteiger partial charge in [-0.2, -0.15) is 18.2 Å². The number of nitrogens with zero attached hydrogens (tertiary/aromatic N) is 3. The molecule has 0 spiro atoms. The van der Waals surface area contributed by atoms with E-state index in [1.807, 2.05) is 0 Å². The second-order valence-corrected chi connectivity index (χ2v) is 8.13. The van der Waals surface area contributed by atoms with E-state index in [9.17, 15) is 18.0 Å². The number of halogens is 4. The molecule has 11 heteroatoms. The van der Waals surface area contributed by atoms with Gasteiger partial charge in [0.25, 0.3) is 11.7 Å². The highest BCUT2D eigenvalue weighted by molar-refractivity contribution is 6.30. The molecule has 3 heterocycles. The number of hydrogen-bond donors (Lipinski definition) is 1. The highest BCUT2D eigenvalue weighted by atomic mass is 35.5. The standard InChI is InChI=1S/C17H12ClF3N4O2.C6H12O/c1-9-13(10-2-4-12(18)5-3-10)6-11(7-22-9)15(26)23-8-14-24-16(25-27-14)17(19,20)21;1-2-6-3-4-7-5-6/h2-7H,8H2,1H3,(H,23,26);6H,2-5H2,1H3. The van der Waals surface area contributed by atoms with E-state index in [2.05, 4.69) is 31.9 Å². The number of aryl methyl sites for hydroxylation is 1. The van der Waals surface area contributed by atoms with Crippen LogP contribution in [-0.2, 0) is 17.5 Å². The van der Waals surface area contributed by atoms with Crippen molar-refractivity contribution in [2.24, 2.45) is 5.92 Å². The average molecular weight is 497 g/mol. The number of carbonyl (C=O) groups is 1. The van der Waals surface area contributed by atoms with E-state index in [1.54, 1.807) is 37.3 Å². The zero-order valence-corrected chi connectivity index (χ0v) is 19.4. The van der Waals surface area contributed by atoms with Crippen LogP contribution in [0.2, 0.25) is 5.02 Å². The molecule has 1 amide bonds. The van der Waals surface area contributed by atoms with Gasteiger partial charge in [-0.15, -0.1) is 0 Å². The summed E-state index contributed by atoms with van der Waals surface area (Å²) in [6, 6.07) is 8.67. The molecular formula is C23H24ClF3N4O3. The molecule has 1 fully saturated rings. The Morgan fingerprint density at radius 2 is 2.00 bits per heavy atom. The van der Waals surface area contributed by atoms with Crippen molar-refractivity contribution in [2.75, 3.05) is 13.2 Å². The Morgan fingerprint density at radius 1 is 1.26 bits per heavy atom. The topological polar surface area (TPSA) is 90.1 Å². The fourth-order valence-corrected chi connectivity index (χ4v) is 3.31. The number of ether oxygens (including phenoxy) is 1.